The van der Waals surface area contributed by atoms with Crippen LogP contribution in [0.25, 0.3) is 0 Å². The minimum Gasteiger partial charge on any atom is -0.497 e. The SMILES string of the molecule is CNC1CCC2(CC1Sc1cccc(OC)c1)OCCO2. The van der Waals surface area contributed by atoms with Crippen molar-refractivity contribution in [3.8, 4) is 5.75 Å². The van der Waals surface area contributed by atoms with Gasteiger partial charge in [-0.2, -0.15) is 0 Å². The van der Waals surface area contributed by atoms with Gasteiger partial charge in [0.2, 0.25) is 0 Å². The minimum absolute atomic E-state index is 0.343. The van der Waals surface area contributed by atoms with E-state index in [2.05, 4.69) is 17.4 Å². The molecule has 2 unspecified atom stereocenters. The van der Waals surface area contributed by atoms with Crippen molar-refractivity contribution < 1.29 is 14.2 Å². The van der Waals surface area contributed by atoms with Crippen molar-refractivity contribution in [2.24, 2.45) is 0 Å². The molecule has 1 aliphatic heterocycles. The molecule has 1 saturated carbocycles. The van der Waals surface area contributed by atoms with Gasteiger partial charge in [-0.25, -0.2) is 0 Å². The summed E-state index contributed by atoms with van der Waals surface area (Å²) in [5.74, 6) is 0.559. The smallest absolute Gasteiger partial charge is 0.169 e. The third-order valence-electron chi connectivity index (χ3n) is 4.31. The molecule has 2 fully saturated rings. The van der Waals surface area contributed by atoms with E-state index >= 15 is 0 Å². The van der Waals surface area contributed by atoms with E-state index in [1.807, 2.05) is 30.9 Å². The summed E-state index contributed by atoms with van der Waals surface area (Å²) in [6, 6.07) is 8.73. The first-order valence-electron chi connectivity index (χ1n) is 7.50. The maximum Gasteiger partial charge on any atom is 0.169 e. The molecule has 1 aliphatic carbocycles. The number of methoxy groups -OCH3 is 1. The van der Waals surface area contributed by atoms with Crippen molar-refractivity contribution in [1.29, 1.82) is 0 Å². The zero-order valence-corrected chi connectivity index (χ0v) is 13.4. The molecule has 116 valence electrons. The molecule has 2 aliphatic rings. The number of nitrogens with one attached hydrogen (secondary N) is 1. The predicted octanol–water partition coefficient (Wildman–Crippen LogP) is 2.67. The second-order valence-corrected chi connectivity index (χ2v) is 6.89. The Morgan fingerprint density at radius 3 is 2.86 bits per heavy atom. The largest absolute Gasteiger partial charge is 0.497 e. The van der Waals surface area contributed by atoms with Crippen LogP contribution in [0.4, 0.5) is 0 Å². The third-order valence-corrected chi connectivity index (χ3v) is 5.63. The van der Waals surface area contributed by atoms with Crippen LogP contribution in [0.1, 0.15) is 19.3 Å². The van der Waals surface area contributed by atoms with E-state index < -0.39 is 0 Å². The molecule has 0 bridgehead atoms. The van der Waals surface area contributed by atoms with Gasteiger partial charge in [-0.05, 0) is 31.7 Å². The Morgan fingerprint density at radius 1 is 1.33 bits per heavy atom. The van der Waals surface area contributed by atoms with Crippen molar-refractivity contribution in [1.82, 2.24) is 5.32 Å². The zero-order chi connectivity index (χ0) is 14.7. The lowest BCUT2D eigenvalue weighted by Gasteiger charge is -2.40. The maximum absolute atomic E-state index is 5.90. The highest BCUT2D eigenvalue weighted by molar-refractivity contribution is 8.00. The van der Waals surface area contributed by atoms with Gasteiger partial charge in [-0.1, -0.05) is 6.07 Å². The van der Waals surface area contributed by atoms with E-state index in [0.29, 0.717) is 11.3 Å². The second kappa shape index (κ2) is 6.57. The van der Waals surface area contributed by atoms with Crippen molar-refractivity contribution in [3.63, 3.8) is 0 Å². The molecule has 1 N–H and O–H groups in total. The summed E-state index contributed by atoms with van der Waals surface area (Å²) in [4.78, 5) is 1.23. The lowest BCUT2D eigenvalue weighted by molar-refractivity contribution is -0.177. The summed E-state index contributed by atoms with van der Waals surface area (Å²) in [7, 11) is 3.74. The van der Waals surface area contributed by atoms with Gasteiger partial charge in [0.25, 0.3) is 0 Å². The van der Waals surface area contributed by atoms with Crippen LogP contribution in [0.5, 0.6) is 5.75 Å². The summed E-state index contributed by atoms with van der Waals surface area (Å²) in [5.41, 5.74) is 0. The molecule has 1 aromatic carbocycles. The van der Waals surface area contributed by atoms with Crippen LogP contribution in [0, 0.1) is 0 Å². The van der Waals surface area contributed by atoms with E-state index in [-0.39, 0.29) is 5.79 Å². The van der Waals surface area contributed by atoms with Crippen molar-refractivity contribution >= 4 is 11.8 Å². The molecule has 1 spiro atoms. The molecule has 0 amide bonds. The van der Waals surface area contributed by atoms with E-state index in [4.69, 9.17) is 14.2 Å². The van der Waals surface area contributed by atoms with Crippen LogP contribution in [-0.4, -0.2) is 44.5 Å². The fourth-order valence-electron chi connectivity index (χ4n) is 3.17. The molecular weight excluding hydrogens is 286 g/mol. The Labute approximate surface area is 130 Å². The Kier molecular flexibility index (Phi) is 4.74. The second-order valence-electron chi connectivity index (χ2n) is 5.58. The van der Waals surface area contributed by atoms with Crippen LogP contribution in [0.2, 0.25) is 0 Å². The van der Waals surface area contributed by atoms with Gasteiger partial charge in [0.05, 0.1) is 20.3 Å². The molecule has 2 atom stereocenters. The molecule has 1 saturated heterocycles. The fraction of sp³-hybridized carbons (Fsp3) is 0.625. The highest BCUT2D eigenvalue weighted by Gasteiger charge is 2.45. The number of hydrogen-bond donors (Lipinski definition) is 1. The average molecular weight is 309 g/mol. The number of ether oxygens (including phenoxy) is 3. The third kappa shape index (κ3) is 3.37. The molecule has 1 heterocycles. The molecule has 0 radical (unpaired) electrons. The van der Waals surface area contributed by atoms with Gasteiger partial charge in [-0.15, -0.1) is 11.8 Å². The highest BCUT2D eigenvalue weighted by Crippen LogP contribution is 2.42. The van der Waals surface area contributed by atoms with Crippen molar-refractivity contribution in [2.75, 3.05) is 27.4 Å². The molecule has 5 heteroatoms. The molecule has 0 aromatic heterocycles. The normalized spacial score (nSPS) is 27.9. The van der Waals surface area contributed by atoms with Gasteiger partial charge in [0.15, 0.2) is 5.79 Å². The lowest BCUT2D eigenvalue weighted by Crippen LogP contribution is -2.48. The number of benzene rings is 1. The Hall–Kier alpha value is -0.750. The van der Waals surface area contributed by atoms with Crippen molar-refractivity contribution in [2.45, 2.75) is 41.2 Å². The maximum atomic E-state index is 5.90. The van der Waals surface area contributed by atoms with Gasteiger partial charge < -0.3 is 19.5 Å². The quantitative estimate of drug-likeness (QED) is 0.926. The van der Waals surface area contributed by atoms with Crippen LogP contribution in [0.15, 0.2) is 29.2 Å². The first kappa shape index (κ1) is 15.2. The average Bonchev–Trinajstić information content (AvgIpc) is 2.96. The van der Waals surface area contributed by atoms with Gasteiger partial charge in [0, 0.05) is 29.0 Å². The van der Waals surface area contributed by atoms with Crippen LogP contribution >= 0.6 is 11.8 Å². The topological polar surface area (TPSA) is 39.7 Å². The predicted molar refractivity (Wildman–Crippen MR) is 84.0 cm³/mol. The molecular formula is C16H23NO3S. The van der Waals surface area contributed by atoms with E-state index in [1.54, 1.807) is 7.11 Å². The van der Waals surface area contributed by atoms with Gasteiger partial charge >= 0.3 is 0 Å². The summed E-state index contributed by atoms with van der Waals surface area (Å²) < 4.78 is 17.1. The summed E-state index contributed by atoms with van der Waals surface area (Å²) in [6.45, 7) is 1.45. The Balaban J connectivity index is 1.73. The van der Waals surface area contributed by atoms with E-state index in [0.717, 1.165) is 38.2 Å². The molecule has 1 aromatic rings. The fourth-order valence-corrected chi connectivity index (χ4v) is 4.64. The monoisotopic (exact) mass is 309 g/mol. The first-order chi connectivity index (χ1) is 10.2. The van der Waals surface area contributed by atoms with E-state index in [9.17, 15) is 0 Å². The van der Waals surface area contributed by atoms with Crippen molar-refractivity contribution in [3.05, 3.63) is 24.3 Å². The molecule has 3 rings (SSSR count). The van der Waals surface area contributed by atoms with Crippen LogP contribution < -0.4 is 10.1 Å². The standard InChI is InChI=1S/C16H23NO3S/c1-17-14-6-7-16(19-8-9-20-16)11-15(14)21-13-5-3-4-12(10-13)18-2/h3-5,10,14-15,17H,6-9,11H2,1-2H3. The minimum atomic E-state index is -0.343. The Morgan fingerprint density at radius 2 is 2.14 bits per heavy atom. The lowest BCUT2D eigenvalue weighted by atomic mass is 9.89. The van der Waals surface area contributed by atoms with E-state index in [1.165, 1.54) is 4.90 Å². The number of rotatable bonds is 4. The summed E-state index contributed by atoms with van der Waals surface area (Å²) in [6.07, 6.45) is 2.99. The van der Waals surface area contributed by atoms with Gasteiger partial charge in [-0.3, -0.25) is 0 Å². The van der Waals surface area contributed by atoms with Crippen LogP contribution in [-0.2, 0) is 9.47 Å². The summed E-state index contributed by atoms with van der Waals surface area (Å²) >= 11 is 1.89. The van der Waals surface area contributed by atoms with Crippen LogP contribution in [0.3, 0.4) is 0 Å². The highest BCUT2D eigenvalue weighted by atomic mass is 32.2. The number of thioether (sulfide) groups is 1. The molecule has 21 heavy (non-hydrogen) atoms. The summed E-state index contributed by atoms with van der Waals surface area (Å²) in [5, 5.41) is 3.88. The first-order valence-corrected chi connectivity index (χ1v) is 8.38. The van der Waals surface area contributed by atoms with Gasteiger partial charge in [0.1, 0.15) is 5.75 Å². The Bertz CT molecular complexity index is 476. The zero-order valence-electron chi connectivity index (χ0n) is 12.6. The number of hydrogen-bond acceptors (Lipinski definition) is 5. The molecule has 4 nitrogen and oxygen atoms in total.